The summed E-state index contributed by atoms with van der Waals surface area (Å²) in [5.41, 5.74) is 1.08. The molecule has 1 fully saturated rings. The van der Waals surface area contributed by atoms with Crippen molar-refractivity contribution in [2.45, 2.75) is 19.4 Å². The number of methoxy groups -OCH3 is 1. The molecule has 15 heavy (non-hydrogen) atoms. The third-order valence-corrected chi connectivity index (χ3v) is 2.69. The molecule has 0 radical (unpaired) electrons. The molecule has 1 aromatic rings. The Morgan fingerprint density at radius 1 is 1.67 bits per heavy atom. The van der Waals surface area contributed by atoms with Gasteiger partial charge in [-0.15, -0.1) is 5.10 Å². The summed E-state index contributed by atoms with van der Waals surface area (Å²) in [6, 6.07) is 0.302. The molecular weight excluding hydrogens is 196 g/mol. The molecule has 2 rings (SSSR count). The summed E-state index contributed by atoms with van der Waals surface area (Å²) < 4.78 is 6.42. The van der Waals surface area contributed by atoms with Gasteiger partial charge in [-0.25, -0.2) is 9.48 Å². The lowest BCUT2D eigenvalue weighted by atomic mass is 10.2. The molecule has 0 aliphatic carbocycles. The quantitative estimate of drug-likeness (QED) is 0.691. The van der Waals surface area contributed by atoms with E-state index in [4.69, 9.17) is 0 Å². The molecule has 1 aliphatic rings. The van der Waals surface area contributed by atoms with Crippen LogP contribution in [0.4, 0.5) is 0 Å². The van der Waals surface area contributed by atoms with Gasteiger partial charge >= 0.3 is 5.97 Å². The first-order chi connectivity index (χ1) is 7.24. The van der Waals surface area contributed by atoms with Gasteiger partial charge in [-0.2, -0.15) is 0 Å². The lowest BCUT2D eigenvalue weighted by Gasteiger charge is -2.09. The van der Waals surface area contributed by atoms with Crippen LogP contribution in [0.2, 0.25) is 0 Å². The molecule has 1 saturated heterocycles. The maximum atomic E-state index is 11.3. The van der Waals surface area contributed by atoms with Gasteiger partial charge < -0.3 is 10.1 Å². The van der Waals surface area contributed by atoms with Gasteiger partial charge in [0, 0.05) is 6.54 Å². The molecule has 1 N–H and O–H groups in total. The molecule has 1 atom stereocenters. The second-order valence-corrected chi connectivity index (χ2v) is 3.61. The van der Waals surface area contributed by atoms with Gasteiger partial charge in [-0.1, -0.05) is 5.21 Å². The molecule has 1 unspecified atom stereocenters. The average Bonchev–Trinajstić information content (AvgIpc) is 2.85. The number of ether oxygens (including phenoxy) is 1. The highest BCUT2D eigenvalue weighted by Gasteiger charge is 2.23. The number of hydrogen-bond acceptors (Lipinski definition) is 5. The molecule has 2 heterocycles. The summed E-state index contributed by atoms with van der Waals surface area (Å²) in [7, 11) is 1.35. The normalized spacial score (nSPS) is 20.5. The predicted molar refractivity (Wildman–Crippen MR) is 52.6 cm³/mol. The highest BCUT2D eigenvalue weighted by atomic mass is 16.5. The van der Waals surface area contributed by atoms with Gasteiger partial charge in [0.1, 0.15) is 0 Å². The van der Waals surface area contributed by atoms with Crippen LogP contribution < -0.4 is 5.32 Å². The highest BCUT2D eigenvalue weighted by Crippen LogP contribution is 2.17. The smallest absolute Gasteiger partial charge is 0.360 e. The molecule has 0 aromatic carbocycles. The predicted octanol–water partition coefficient (Wildman–Crippen LogP) is -0.0925. The van der Waals surface area contributed by atoms with Crippen molar-refractivity contribution in [3.63, 3.8) is 0 Å². The minimum absolute atomic E-state index is 0.302. The Balaban J connectivity index is 2.26. The first-order valence-electron chi connectivity index (χ1n) is 4.95. The van der Waals surface area contributed by atoms with Crippen LogP contribution in [0.3, 0.4) is 0 Å². The number of aromatic nitrogens is 3. The molecule has 6 heteroatoms. The number of nitrogens with one attached hydrogen (secondary N) is 1. The third-order valence-electron chi connectivity index (χ3n) is 2.69. The number of carbonyl (C=O) groups is 1. The van der Waals surface area contributed by atoms with Crippen molar-refractivity contribution >= 4 is 5.97 Å². The minimum Gasteiger partial charge on any atom is -0.464 e. The van der Waals surface area contributed by atoms with Crippen molar-refractivity contribution in [2.24, 2.45) is 0 Å². The lowest BCUT2D eigenvalue weighted by Crippen LogP contribution is -2.16. The van der Waals surface area contributed by atoms with Gasteiger partial charge in [0.05, 0.1) is 18.8 Å². The fraction of sp³-hybridized carbons (Fsp3) is 0.667. The van der Waals surface area contributed by atoms with Crippen molar-refractivity contribution in [3.05, 3.63) is 11.4 Å². The maximum Gasteiger partial charge on any atom is 0.360 e. The van der Waals surface area contributed by atoms with Gasteiger partial charge in [0.25, 0.3) is 0 Å². The van der Waals surface area contributed by atoms with Crippen molar-refractivity contribution in [2.75, 3.05) is 20.2 Å². The van der Waals surface area contributed by atoms with Crippen LogP contribution in [-0.4, -0.2) is 41.2 Å². The molecule has 1 aromatic heterocycles. The largest absolute Gasteiger partial charge is 0.464 e. The van der Waals surface area contributed by atoms with Gasteiger partial charge in [-0.3, -0.25) is 0 Å². The van der Waals surface area contributed by atoms with Gasteiger partial charge in [0.15, 0.2) is 5.69 Å². The Labute approximate surface area is 87.6 Å². The van der Waals surface area contributed by atoms with E-state index in [1.165, 1.54) is 7.11 Å². The fourth-order valence-corrected chi connectivity index (χ4v) is 1.82. The Bertz CT molecular complexity index is 368. The van der Waals surface area contributed by atoms with E-state index in [0.29, 0.717) is 11.7 Å². The molecule has 82 valence electrons. The number of nitrogens with zero attached hydrogens (tertiary/aromatic N) is 3. The standard InChI is InChI=1S/C9H14N4O2/c1-6-8(9(14)15-2)11-12-13(6)7-3-4-10-5-7/h7,10H,3-5H2,1-2H3. The van der Waals surface area contributed by atoms with E-state index in [1.54, 1.807) is 4.68 Å². The van der Waals surface area contributed by atoms with E-state index < -0.39 is 5.97 Å². The van der Waals surface area contributed by atoms with Gasteiger partial charge in [-0.05, 0) is 19.9 Å². The van der Waals surface area contributed by atoms with E-state index in [2.05, 4.69) is 20.4 Å². The zero-order chi connectivity index (χ0) is 10.8. The van der Waals surface area contributed by atoms with Crippen LogP contribution in [0.15, 0.2) is 0 Å². The Morgan fingerprint density at radius 3 is 3.07 bits per heavy atom. The second kappa shape index (κ2) is 3.98. The van der Waals surface area contributed by atoms with E-state index in [0.717, 1.165) is 25.2 Å². The van der Waals surface area contributed by atoms with Crippen LogP contribution in [0.25, 0.3) is 0 Å². The van der Waals surface area contributed by atoms with E-state index in [-0.39, 0.29) is 0 Å². The Morgan fingerprint density at radius 2 is 2.47 bits per heavy atom. The minimum atomic E-state index is -0.426. The molecule has 0 bridgehead atoms. The fourth-order valence-electron chi connectivity index (χ4n) is 1.82. The molecule has 0 amide bonds. The van der Waals surface area contributed by atoms with E-state index in [1.807, 2.05) is 6.92 Å². The number of carbonyl (C=O) groups excluding carboxylic acids is 1. The average molecular weight is 210 g/mol. The first-order valence-corrected chi connectivity index (χ1v) is 4.95. The first kappa shape index (κ1) is 10.1. The number of rotatable bonds is 2. The highest BCUT2D eigenvalue weighted by molar-refractivity contribution is 5.88. The Kier molecular flexibility index (Phi) is 2.68. The second-order valence-electron chi connectivity index (χ2n) is 3.61. The van der Waals surface area contributed by atoms with Crippen molar-refractivity contribution in [3.8, 4) is 0 Å². The van der Waals surface area contributed by atoms with Crippen molar-refractivity contribution in [1.82, 2.24) is 20.3 Å². The zero-order valence-electron chi connectivity index (χ0n) is 8.86. The summed E-state index contributed by atoms with van der Waals surface area (Å²) in [4.78, 5) is 11.3. The molecular formula is C9H14N4O2. The summed E-state index contributed by atoms with van der Waals surface area (Å²) in [5.74, 6) is -0.426. The van der Waals surface area contributed by atoms with Crippen LogP contribution in [-0.2, 0) is 4.74 Å². The van der Waals surface area contributed by atoms with Crippen LogP contribution in [0, 0.1) is 6.92 Å². The summed E-state index contributed by atoms with van der Waals surface area (Å²) in [5, 5.41) is 11.1. The molecule has 1 aliphatic heterocycles. The number of esters is 1. The van der Waals surface area contributed by atoms with Crippen molar-refractivity contribution < 1.29 is 9.53 Å². The zero-order valence-corrected chi connectivity index (χ0v) is 8.86. The monoisotopic (exact) mass is 210 g/mol. The molecule has 0 saturated carbocycles. The summed E-state index contributed by atoms with van der Waals surface area (Å²) in [6.45, 7) is 3.70. The van der Waals surface area contributed by atoms with Crippen molar-refractivity contribution in [1.29, 1.82) is 0 Å². The lowest BCUT2D eigenvalue weighted by molar-refractivity contribution is 0.0593. The molecule has 6 nitrogen and oxygen atoms in total. The summed E-state index contributed by atoms with van der Waals surface area (Å²) in [6.07, 6.45) is 1.02. The SMILES string of the molecule is COC(=O)c1nnn(C2CCNC2)c1C. The topological polar surface area (TPSA) is 69.0 Å². The van der Waals surface area contributed by atoms with E-state index in [9.17, 15) is 4.79 Å². The third kappa shape index (κ3) is 1.72. The van der Waals surface area contributed by atoms with Crippen LogP contribution >= 0.6 is 0 Å². The van der Waals surface area contributed by atoms with Crippen LogP contribution in [0.5, 0.6) is 0 Å². The Hall–Kier alpha value is -1.43. The maximum absolute atomic E-state index is 11.3. The molecule has 0 spiro atoms. The summed E-state index contributed by atoms with van der Waals surface area (Å²) >= 11 is 0. The van der Waals surface area contributed by atoms with E-state index >= 15 is 0 Å². The number of hydrogen-bond donors (Lipinski definition) is 1. The van der Waals surface area contributed by atoms with Gasteiger partial charge in [0.2, 0.25) is 0 Å². The van der Waals surface area contributed by atoms with Crippen LogP contribution in [0.1, 0.15) is 28.6 Å².